The summed E-state index contributed by atoms with van der Waals surface area (Å²) in [6, 6.07) is 10.3. The van der Waals surface area contributed by atoms with Gasteiger partial charge in [0.15, 0.2) is 5.17 Å². The average Bonchev–Trinajstić information content (AvgIpc) is 2.86. The van der Waals surface area contributed by atoms with E-state index in [0.717, 1.165) is 11.8 Å². The minimum atomic E-state index is -0.304. The van der Waals surface area contributed by atoms with Crippen molar-refractivity contribution in [2.45, 2.75) is 0 Å². The standard InChI is InChI=1S/C16H9BrCl2N2O2S/c17-9-5-8(14(22)11(19)7-9)6-13-15(23)21-16(24-13)20-12-4-2-1-3-10(12)18/h1-7,22H,(H,20,21,23)/b13-6+. The minimum absolute atomic E-state index is 0.0859. The van der Waals surface area contributed by atoms with Crippen LogP contribution in [0.1, 0.15) is 5.56 Å². The lowest BCUT2D eigenvalue weighted by atomic mass is 10.2. The molecule has 1 aliphatic heterocycles. The van der Waals surface area contributed by atoms with Crippen molar-refractivity contribution in [1.82, 2.24) is 5.32 Å². The van der Waals surface area contributed by atoms with Crippen molar-refractivity contribution in [3.05, 3.63) is 61.4 Å². The zero-order chi connectivity index (χ0) is 17.3. The van der Waals surface area contributed by atoms with Gasteiger partial charge in [-0.3, -0.25) is 4.79 Å². The Kier molecular flexibility index (Phi) is 5.20. The Labute approximate surface area is 160 Å². The number of phenolic OH excluding ortho intramolecular Hbond substituents is 1. The van der Waals surface area contributed by atoms with Crippen LogP contribution in [0.2, 0.25) is 10.0 Å². The smallest absolute Gasteiger partial charge is 0.264 e. The summed E-state index contributed by atoms with van der Waals surface area (Å²) in [6.45, 7) is 0. The highest BCUT2D eigenvalue weighted by atomic mass is 79.9. The summed E-state index contributed by atoms with van der Waals surface area (Å²) in [7, 11) is 0. The molecular weight excluding hydrogens is 435 g/mol. The van der Waals surface area contributed by atoms with Crippen molar-refractivity contribution in [3.63, 3.8) is 0 Å². The molecule has 1 amide bonds. The Morgan fingerprint density at radius 2 is 1.96 bits per heavy atom. The predicted octanol–water partition coefficient (Wildman–Crippen LogP) is 5.35. The lowest BCUT2D eigenvalue weighted by Gasteiger charge is -2.03. The fourth-order valence-corrected chi connectivity index (χ4v) is 3.81. The normalized spacial score (nSPS) is 17.5. The number of amides is 1. The summed E-state index contributed by atoms with van der Waals surface area (Å²) in [5.41, 5.74) is 1.00. The van der Waals surface area contributed by atoms with E-state index < -0.39 is 0 Å². The molecule has 0 aromatic heterocycles. The summed E-state index contributed by atoms with van der Waals surface area (Å²) >= 11 is 16.5. The van der Waals surface area contributed by atoms with Crippen LogP contribution in [0.5, 0.6) is 5.75 Å². The van der Waals surface area contributed by atoms with Crippen LogP contribution in [0.25, 0.3) is 6.08 Å². The number of rotatable bonds is 2. The first-order valence-corrected chi connectivity index (χ1v) is 9.02. The van der Waals surface area contributed by atoms with Gasteiger partial charge in [0.2, 0.25) is 0 Å². The minimum Gasteiger partial charge on any atom is -0.506 e. The van der Waals surface area contributed by atoms with Crippen LogP contribution in [-0.4, -0.2) is 16.2 Å². The van der Waals surface area contributed by atoms with Gasteiger partial charge in [-0.05, 0) is 42.1 Å². The molecule has 0 aliphatic carbocycles. The zero-order valence-corrected chi connectivity index (χ0v) is 15.8. The van der Waals surface area contributed by atoms with Gasteiger partial charge in [0.25, 0.3) is 5.91 Å². The average molecular weight is 444 g/mol. The molecular formula is C16H9BrCl2N2O2S. The summed E-state index contributed by atoms with van der Waals surface area (Å²) < 4.78 is 0.700. The van der Waals surface area contributed by atoms with E-state index in [1.165, 1.54) is 0 Å². The van der Waals surface area contributed by atoms with Crippen LogP contribution in [-0.2, 0) is 4.79 Å². The highest BCUT2D eigenvalue weighted by molar-refractivity contribution is 9.10. The van der Waals surface area contributed by atoms with E-state index in [1.54, 1.807) is 36.4 Å². The van der Waals surface area contributed by atoms with Crippen molar-refractivity contribution in [1.29, 1.82) is 0 Å². The van der Waals surface area contributed by atoms with Crippen molar-refractivity contribution in [2.24, 2.45) is 4.99 Å². The van der Waals surface area contributed by atoms with Crippen LogP contribution in [0.15, 0.2) is 50.8 Å². The Hall–Kier alpha value is -1.47. The molecule has 0 unspecified atom stereocenters. The fraction of sp³-hybridized carbons (Fsp3) is 0. The van der Waals surface area contributed by atoms with Gasteiger partial charge in [-0.25, -0.2) is 4.99 Å². The van der Waals surface area contributed by atoms with Gasteiger partial charge in [-0.15, -0.1) is 0 Å². The fourth-order valence-electron chi connectivity index (χ4n) is 1.97. The number of hydrogen-bond acceptors (Lipinski definition) is 4. The summed E-state index contributed by atoms with van der Waals surface area (Å²) in [4.78, 5) is 16.8. The molecule has 122 valence electrons. The van der Waals surface area contributed by atoms with Crippen molar-refractivity contribution < 1.29 is 9.90 Å². The summed E-state index contributed by atoms with van der Waals surface area (Å²) in [6.07, 6.45) is 1.56. The maximum absolute atomic E-state index is 12.1. The highest BCUT2D eigenvalue weighted by Crippen LogP contribution is 2.36. The molecule has 3 rings (SSSR count). The quantitative estimate of drug-likeness (QED) is 0.614. The van der Waals surface area contributed by atoms with Gasteiger partial charge < -0.3 is 10.4 Å². The molecule has 4 nitrogen and oxygen atoms in total. The second-order valence-corrected chi connectivity index (χ2v) is 7.52. The lowest BCUT2D eigenvalue weighted by Crippen LogP contribution is -2.19. The number of thioether (sulfide) groups is 1. The summed E-state index contributed by atoms with van der Waals surface area (Å²) in [5.74, 6) is -0.390. The first-order chi connectivity index (χ1) is 11.4. The van der Waals surface area contributed by atoms with E-state index in [1.807, 2.05) is 6.07 Å². The number of aromatic hydroxyl groups is 1. The molecule has 0 radical (unpaired) electrons. The maximum Gasteiger partial charge on any atom is 0.264 e. The van der Waals surface area contributed by atoms with E-state index in [2.05, 4.69) is 26.2 Å². The Morgan fingerprint density at radius 1 is 1.21 bits per heavy atom. The molecule has 1 aliphatic rings. The zero-order valence-electron chi connectivity index (χ0n) is 11.9. The van der Waals surface area contributed by atoms with Crippen LogP contribution >= 0.6 is 50.9 Å². The molecule has 24 heavy (non-hydrogen) atoms. The van der Waals surface area contributed by atoms with Gasteiger partial charge in [0, 0.05) is 10.0 Å². The second kappa shape index (κ2) is 7.19. The highest BCUT2D eigenvalue weighted by Gasteiger charge is 2.24. The number of halogens is 3. The Bertz CT molecular complexity index is 900. The van der Waals surface area contributed by atoms with Crippen LogP contribution in [0.4, 0.5) is 5.69 Å². The largest absolute Gasteiger partial charge is 0.506 e. The van der Waals surface area contributed by atoms with Crippen molar-refractivity contribution in [2.75, 3.05) is 0 Å². The molecule has 2 N–H and O–H groups in total. The molecule has 0 atom stereocenters. The van der Waals surface area contributed by atoms with E-state index in [-0.39, 0.29) is 16.7 Å². The second-order valence-electron chi connectivity index (χ2n) is 4.76. The van der Waals surface area contributed by atoms with E-state index in [9.17, 15) is 9.90 Å². The molecule has 0 bridgehead atoms. The molecule has 0 spiro atoms. The van der Waals surface area contributed by atoms with E-state index >= 15 is 0 Å². The molecule has 2 aromatic carbocycles. The lowest BCUT2D eigenvalue weighted by molar-refractivity contribution is -0.115. The van der Waals surface area contributed by atoms with Crippen LogP contribution in [0, 0.1) is 0 Å². The number of nitrogens with one attached hydrogen (secondary N) is 1. The van der Waals surface area contributed by atoms with Crippen LogP contribution in [0.3, 0.4) is 0 Å². The molecule has 1 saturated heterocycles. The predicted molar refractivity (Wildman–Crippen MR) is 103 cm³/mol. The molecule has 0 saturated carbocycles. The number of para-hydroxylation sites is 1. The Balaban J connectivity index is 1.92. The van der Waals surface area contributed by atoms with Crippen molar-refractivity contribution in [3.8, 4) is 5.75 Å². The number of nitrogens with zero attached hydrogens (tertiary/aromatic N) is 1. The number of benzene rings is 2. The number of phenols is 1. The van der Waals surface area contributed by atoms with Gasteiger partial charge in [0.1, 0.15) is 5.75 Å². The topological polar surface area (TPSA) is 61.7 Å². The van der Waals surface area contributed by atoms with Gasteiger partial charge >= 0.3 is 0 Å². The first kappa shape index (κ1) is 17.4. The molecule has 1 fully saturated rings. The van der Waals surface area contributed by atoms with Gasteiger partial charge in [0.05, 0.1) is 20.6 Å². The third-order valence-corrected chi connectivity index (χ3v) is 5.05. The van der Waals surface area contributed by atoms with E-state index in [4.69, 9.17) is 23.2 Å². The number of carbonyl (C=O) groups is 1. The van der Waals surface area contributed by atoms with Crippen molar-refractivity contribution >= 4 is 73.7 Å². The summed E-state index contributed by atoms with van der Waals surface area (Å²) in [5, 5.41) is 13.8. The third-order valence-electron chi connectivity index (χ3n) is 3.07. The number of carbonyl (C=O) groups excluding carboxylic acids is 1. The maximum atomic E-state index is 12.1. The number of amidine groups is 1. The molecule has 8 heteroatoms. The van der Waals surface area contributed by atoms with E-state index in [0.29, 0.717) is 30.8 Å². The number of aliphatic imine (C=N–C) groups is 1. The van der Waals surface area contributed by atoms with Gasteiger partial charge in [-0.1, -0.05) is 51.3 Å². The first-order valence-electron chi connectivity index (χ1n) is 6.66. The van der Waals surface area contributed by atoms with Gasteiger partial charge in [-0.2, -0.15) is 0 Å². The monoisotopic (exact) mass is 442 g/mol. The number of hydrogen-bond donors (Lipinski definition) is 2. The molecule has 1 heterocycles. The Morgan fingerprint density at radius 3 is 2.71 bits per heavy atom. The molecule has 2 aromatic rings. The van der Waals surface area contributed by atoms with Crippen LogP contribution < -0.4 is 5.32 Å². The third kappa shape index (κ3) is 3.78. The SMILES string of the molecule is O=C1NC(=Nc2ccccc2Cl)S/C1=C/c1cc(Br)cc(Cl)c1O.